The lowest BCUT2D eigenvalue weighted by molar-refractivity contribution is 0.243. The van der Waals surface area contributed by atoms with E-state index in [4.69, 9.17) is 12.2 Å². The summed E-state index contributed by atoms with van der Waals surface area (Å²) in [7, 11) is 0. The highest BCUT2D eigenvalue weighted by atomic mass is 32.1. The molecule has 1 fully saturated rings. The van der Waals surface area contributed by atoms with Crippen LogP contribution in [0.1, 0.15) is 48.8 Å². The number of H-pyrrole nitrogens is 1. The smallest absolute Gasteiger partial charge is 0.253 e. The number of aryl methyl sites for hydroxylation is 2. The van der Waals surface area contributed by atoms with Crippen LogP contribution in [0.3, 0.4) is 0 Å². The van der Waals surface area contributed by atoms with Gasteiger partial charge < -0.3 is 20.3 Å². The lowest BCUT2D eigenvalue weighted by Crippen LogP contribution is -2.46. The van der Waals surface area contributed by atoms with E-state index in [1.165, 1.54) is 19.3 Å². The molecule has 27 heavy (non-hydrogen) atoms. The third-order valence-corrected chi connectivity index (χ3v) is 5.85. The van der Waals surface area contributed by atoms with Crippen molar-refractivity contribution in [2.75, 3.05) is 13.2 Å². The molecule has 3 N–H and O–H groups in total. The second-order valence-electron chi connectivity index (χ2n) is 7.54. The van der Waals surface area contributed by atoms with Crippen LogP contribution in [0.25, 0.3) is 10.9 Å². The molecule has 6 heteroatoms. The maximum atomic E-state index is 12.6. The van der Waals surface area contributed by atoms with Gasteiger partial charge in [0.1, 0.15) is 0 Å². The van der Waals surface area contributed by atoms with Crippen molar-refractivity contribution in [3.05, 3.63) is 45.2 Å². The lowest BCUT2D eigenvalue weighted by Gasteiger charge is -2.30. The van der Waals surface area contributed by atoms with E-state index in [2.05, 4.69) is 16.4 Å². The molecule has 0 bridgehead atoms. The third-order valence-electron chi connectivity index (χ3n) is 5.47. The lowest BCUT2D eigenvalue weighted by atomic mass is 9.96. The van der Waals surface area contributed by atoms with Gasteiger partial charge >= 0.3 is 0 Å². The van der Waals surface area contributed by atoms with Crippen molar-refractivity contribution < 1.29 is 5.11 Å². The molecule has 5 nitrogen and oxygen atoms in total. The van der Waals surface area contributed by atoms with E-state index in [9.17, 15) is 9.90 Å². The molecule has 1 aromatic carbocycles. The van der Waals surface area contributed by atoms with Crippen LogP contribution < -0.4 is 10.9 Å². The highest BCUT2D eigenvalue weighted by molar-refractivity contribution is 7.80. The predicted molar refractivity (Wildman–Crippen MR) is 114 cm³/mol. The minimum absolute atomic E-state index is 0.00386. The molecular weight excluding hydrogens is 358 g/mol. The molecule has 0 atom stereocenters. The summed E-state index contributed by atoms with van der Waals surface area (Å²) in [5, 5.41) is 14.6. The summed E-state index contributed by atoms with van der Waals surface area (Å²) in [6, 6.07) is 6.45. The number of thiocarbonyl (C=S) groups is 1. The Labute approximate surface area is 165 Å². The fourth-order valence-corrected chi connectivity index (χ4v) is 4.15. The van der Waals surface area contributed by atoms with Crippen LogP contribution in [-0.4, -0.2) is 39.3 Å². The Bertz CT molecular complexity index is 872. The van der Waals surface area contributed by atoms with Gasteiger partial charge in [0.25, 0.3) is 5.56 Å². The van der Waals surface area contributed by atoms with E-state index >= 15 is 0 Å². The van der Waals surface area contributed by atoms with Crippen LogP contribution in [0.15, 0.2) is 23.0 Å². The maximum absolute atomic E-state index is 12.6. The molecule has 1 heterocycles. The third kappa shape index (κ3) is 4.68. The Hall–Kier alpha value is -1.92. The molecule has 0 spiro atoms. The molecule has 1 aliphatic carbocycles. The summed E-state index contributed by atoms with van der Waals surface area (Å²) in [4.78, 5) is 17.6. The fourth-order valence-electron chi connectivity index (χ4n) is 3.83. The van der Waals surface area contributed by atoms with Crippen molar-refractivity contribution in [3.8, 4) is 0 Å². The quantitative estimate of drug-likeness (QED) is 0.688. The van der Waals surface area contributed by atoms with Gasteiger partial charge in [0.15, 0.2) is 5.11 Å². The van der Waals surface area contributed by atoms with Crippen LogP contribution in [-0.2, 0) is 6.54 Å². The minimum atomic E-state index is -0.0976. The number of aliphatic hydroxyl groups excluding tert-OH is 1. The van der Waals surface area contributed by atoms with Crippen molar-refractivity contribution in [1.29, 1.82) is 0 Å². The first kappa shape index (κ1) is 19.8. The van der Waals surface area contributed by atoms with Crippen molar-refractivity contribution in [2.24, 2.45) is 0 Å². The van der Waals surface area contributed by atoms with Crippen LogP contribution in [0.2, 0.25) is 0 Å². The number of pyridine rings is 1. The maximum Gasteiger partial charge on any atom is 0.253 e. The van der Waals surface area contributed by atoms with Gasteiger partial charge in [0, 0.05) is 23.5 Å². The average Bonchev–Trinajstić information content (AvgIpc) is 2.66. The van der Waals surface area contributed by atoms with Gasteiger partial charge in [-0.1, -0.05) is 31.4 Å². The predicted octanol–water partition coefficient (Wildman–Crippen LogP) is 3.15. The summed E-state index contributed by atoms with van der Waals surface area (Å²) in [5.74, 6) is 0. The van der Waals surface area contributed by atoms with Crippen molar-refractivity contribution in [3.63, 3.8) is 0 Å². The molecule has 0 amide bonds. The largest absolute Gasteiger partial charge is 0.395 e. The molecule has 1 aliphatic rings. The summed E-state index contributed by atoms with van der Waals surface area (Å²) in [6.45, 7) is 4.83. The van der Waals surface area contributed by atoms with E-state index in [0.717, 1.165) is 34.9 Å². The Kier molecular flexibility index (Phi) is 6.50. The van der Waals surface area contributed by atoms with Crippen LogP contribution >= 0.6 is 12.2 Å². The minimum Gasteiger partial charge on any atom is -0.395 e. The normalized spacial score (nSPS) is 15.1. The summed E-state index contributed by atoms with van der Waals surface area (Å²) in [6.07, 6.45) is 5.99. The fraction of sp³-hybridized carbons (Fsp3) is 0.524. The van der Waals surface area contributed by atoms with Gasteiger partial charge in [-0.2, -0.15) is 0 Å². The number of nitrogens with zero attached hydrogens (tertiary/aromatic N) is 1. The van der Waals surface area contributed by atoms with Gasteiger partial charge in [-0.15, -0.1) is 0 Å². The van der Waals surface area contributed by atoms with Crippen LogP contribution in [0.4, 0.5) is 0 Å². The van der Waals surface area contributed by atoms with Crippen LogP contribution in [0, 0.1) is 13.8 Å². The number of aromatic nitrogens is 1. The van der Waals surface area contributed by atoms with E-state index in [1.807, 2.05) is 30.9 Å². The number of aliphatic hydroxyl groups is 1. The monoisotopic (exact) mass is 387 g/mol. The zero-order valence-corrected chi connectivity index (χ0v) is 17.0. The Morgan fingerprint density at radius 3 is 2.67 bits per heavy atom. The highest BCUT2D eigenvalue weighted by Gasteiger charge is 2.18. The molecule has 3 rings (SSSR count). The van der Waals surface area contributed by atoms with Gasteiger partial charge in [-0.3, -0.25) is 4.79 Å². The number of hydrogen-bond acceptors (Lipinski definition) is 3. The van der Waals surface area contributed by atoms with Crippen molar-refractivity contribution in [1.82, 2.24) is 15.2 Å². The Balaban J connectivity index is 1.83. The molecule has 1 saturated carbocycles. The summed E-state index contributed by atoms with van der Waals surface area (Å²) < 4.78 is 0. The standard InChI is InChI=1S/C21H29N3O2S/c1-14-8-9-15(2)19-18(14)12-16(20(26)23-19)13-24(10-11-25)21(27)22-17-6-4-3-5-7-17/h8-9,12,17,25H,3-7,10-11,13H2,1-2H3,(H,22,27)(H,23,26). The molecule has 0 saturated heterocycles. The van der Waals surface area contributed by atoms with Crippen LogP contribution in [0.5, 0.6) is 0 Å². The molecule has 0 aliphatic heterocycles. The van der Waals surface area contributed by atoms with E-state index in [1.54, 1.807) is 0 Å². The number of rotatable bonds is 5. The number of nitrogens with one attached hydrogen (secondary N) is 2. The topological polar surface area (TPSA) is 68.4 Å². The van der Waals surface area contributed by atoms with Gasteiger partial charge in [0.05, 0.1) is 18.7 Å². The molecule has 0 radical (unpaired) electrons. The highest BCUT2D eigenvalue weighted by Crippen LogP contribution is 2.21. The zero-order valence-electron chi connectivity index (χ0n) is 16.2. The molecule has 1 aromatic heterocycles. The number of hydrogen-bond donors (Lipinski definition) is 3. The molecule has 146 valence electrons. The van der Waals surface area contributed by atoms with Crippen molar-refractivity contribution in [2.45, 2.75) is 58.5 Å². The number of fused-ring (bicyclic) bond motifs is 1. The number of benzene rings is 1. The van der Waals surface area contributed by atoms with Gasteiger partial charge in [-0.25, -0.2) is 0 Å². The molecule has 2 aromatic rings. The van der Waals surface area contributed by atoms with E-state index in [0.29, 0.717) is 29.8 Å². The molecular formula is C21H29N3O2S. The van der Waals surface area contributed by atoms with Gasteiger partial charge in [-0.05, 0) is 56.1 Å². The second kappa shape index (κ2) is 8.85. The Morgan fingerprint density at radius 2 is 1.96 bits per heavy atom. The van der Waals surface area contributed by atoms with E-state index < -0.39 is 0 Å². The SMILES string of the molecule is Cc1ccc(C)c2[nH]c(=O)c(CN(CCO)C(=S)NC3CCCCC3)cc12. The summed E-state index contributed by atoms with van der Waals surface area (Å²) >= 11 is 5.60. The van der Waals surface area contributed by atoms with E-state index in [-0.39, 0.29) is 12.2 Å². The molecule has 0 unspecified atom stereocenters. The first-order chi connectivity index (χ1) is 13.0. The Morgan fingerprint density at radius 1 is 1.26 bits per heavy atom. The second-order valence-corrected chi connectivity index (χ2v) is 7.93. The first-order valence-electron chi connectivity index (χ1n) is 9.78. The average molecular weight is 388 g/mol. The van der Waals surface area contributed by atoms with Crippen molar-refractivity contribution >= 4 is 28.2 Å². The number of aromatic amines is 1. The summed E-state index contributed by atoms with van der Waals surface area (Å²) in [5.41, 5.74) is 3.64. The first-order valence-corrected chi connectivity index (χ1v) is 10.2. The zero-order chi connectivity index (χ0) is 19.4. The van der Waals surface area contributed by atoms with Gasteiger partial charge in [0.2, 0.25) is 0 Å².